The number of benzene rings is 8. The van der Waals surface area contributed by atoms with Crippen molar-refractivity contribution in [2.24, 2.45) is 11.8 Å². The van der Waals surface area contributed by atoms with Crippen LogP contribution in [0, 0.1) is 17.1 Å². The van der Waals surface area contributed by atoms with Gasteiger partial charge in [-0.05, 0) is 166 Å². The predicted molar refractivity (Wildman–Crippen MR) is 290 cm³/mol. The number of rotatable bonds is 13. The zero-order valence-electron chi connectivity index (χ0n) is 40.7. The Balaban J connectivity index is 0.00000223. The van der Waals surface area contributed by atoms with E-state index in [1.54, 1.807) is 0 Å². The normalized spacial score (nSPS) is 17.8. The van der Waals surface area contributed by atoms with Crippen molar-refractivity contribution in [3.63, 3.8) is 0 Å². The van der Waals surface area contributed by atoms with E-state index in [1.807, 2.05) is 121 Å². The van der Waals surface area contributed by atoms with Crippen LogP contribution < -0.4 is 9.47 Å². The van der Waals surface area contributed by atoms with Gasteiger partial charge in [0.25, 0.3) is 0 Å². The molecule has 10 rings (SSSR count). The fourth-order valence-corrected chi connectivity index (χ4v) is 11.4. The van der Waals surface area contributed by atoms with Crippen LogP contribution in [0.1, 0.15) is 136 Å². The summed E-state index contributed by atoms with van der Waals surface area (Å²) in [6.45, 7) is 4.59. The van der Waals surface area contributed by atoms with Gasteiger partial charge in [0, 0.05) is 12.6 Å². The Morgan fingerprint density at radius 1 is 0.443 bits per heavy atom. The fraction of sp³-hybridized carbons (Fsp3) is 0.281. The fourth-order valence-electron chi connectivity index (χ4n) is 11.4. The minimum absolute atomic E-state index is 0. The first-order chi connectivity index (χ1) is 34.4. The second-order valence-corrected chi connectivity index (χ2v) is 19.5. The van der Waals surface area contributed by atoms with E-state index in [1.165, 1.54) is 88.2 Å². The smallest absolute Gasteiger partial charge is 0 e. The van der Waals surface area contributed by atoms with Crippen molar-refractivity contribution in [3.05, 3.63) is 192 Å². The molecule has 0 spiro atoms. The minimum atomic E-state index is -0.467. The van der Waals surface area contributed by atoms with Crippen LogP contribution >= 0.6 is 0 Å². The molecule has 2 aliphatic carbocycles. The third-order valence-corrected chi connectivity index (χ3v) is 15.2. The van der Waals surface area contributed by atoms with Gasteiger partial charge in [-0.25, -0.2) is 9.59 Å². The Hall–Kier alpha value is -6.92. The molecule has 8 aromatic carbocycles. The Bertz CT molecular complexity index is 2840. The molecule has 0 aromatic heterocycles. The van der Waals surface area contributed by atoms with Crippen LogP contribution in [-0.4, -0.2) is 19.6 Å². The quantitative estimate of drug-likeness (QED) is 0.0710. The average molecular weight is 923 g/mol. The maximum Gasteiger partial charge on any atom is 0 e. The molecular weight excluding hydrogens is 858 g/mol. The molecule has 70 heavy (non-hydrogen) atoms. The molecule has 5 nitrogen and oxygen atoms in total. The molecule has 8 aromatic rings. The summed E-state index contributed by atoms with van der Waals surface area (Å²) in [6, 6.07) is 57.0. The summed E-state index contributed by atoms with van der Waals surface area (Å²) in [7, 11) is 3.75. The Labute approximate surface area is 416 Å². The summed E-state index contributed by atoms with van der Waals surface area (Å²) < 4.78 is 12.7. The maximum absolute atomic E-state index is 14.1. The number of fused-ring (bicyclic) bond motifs is 2. The van der Waals surface area contributed by atoms with E-state index in [4.69, 9.17) is 14.8 Å². The van der Waals surface area contributed by atoms with E-state index in [2.05, 4.69) is 70.0 Å². The molecule has 0 heterocycles. The number of carbonyl (C=O) groups excluding carboxylic acids is 2. The first-order valence-electron chi connectivity index (χ1n) is 25.6. The zero-order valence-corrected chi connectivity index (χ0v) is 40.7. The second kappa shape index (κ2) is 22.7. The molecule has 0 unspecified atom stereocenters. The molecule has 1 radical (unpaired) electrons. The summed E-state index contributed by atoms with van der Waals surface area (Å²) in [5.41, 5.74) is 9.46. The van der Waals surface area contributed by atoms with Crippen molar-refractivity contribution >= 4 is 41.1 Å². The van der Waals surface area contributed by atoms with Crippen molar-refractivity contribution in [1.29, 1.82) is 5.31 Å². The standard InChI is InChI=1S/C64H62O4.BHN.H2/c1-3-9-43-15-19-45(20-16-43)47-23-27-49(28-24-47)51-31-35-55(36-32-51)63(65)67-59-41-39-53-11-5-7-13-57(53)61(59)62-58-14-8-6-12-54(58)40-42-60(62)68-64(66)56-37-33-52(34-38-56)50-29-25-48(26-30-50)46-21-17-44(10-4-2)18-22-46;1-2;/h5-8,11-14,23-46H,3-4,9-10,15-22H2,1-2H3;2H;1H. The summed E-state index contributed by atoms with van der Waals surface area (Å²) >= 11 is 0. The van der Waals surface area contributed by atoms with Crippen molar-refractivity contribution < 1.29 is 20.5 Å². The van der Waals surface area contributed by atoms with Gasteiger partial charge in [0.2, 0.25) is 0 Å². The average Bonchev–Trinajstić information content (AvgIpc) is 3.42. The van der Waals surface area contributed by atoms with E-state index in [0.29, 0.717) is 45.6 Å². The van der Waals surface area contributed by atoms with Gasteiger partial charge in [0.1, 0.15) is 11.5 Å². The molecule has 0 atom stereocenters. The molecule has 2 aliphatic rings. The molecule has 0 bridgehead atoms. The van der Waals surface area contributed by atoms with Crippen LogP contribution in [0.25, 0.3) is 54.9 Å². The van der Waals surface area contributed by atoms with Crippen LogP contribution in [0.15, 0.2) is 170 Å². The number of hydrogen-bond acceptors (Lipinski definition) is 5. The van der Waals surface area contributed by atoms with Gasteiger partial charge in [-0.1, -0.05) is 173 Å². The maximum atomic E-state index is 14.1. The van der Waals surface area contributed by atoms with Gasteiger partial charge in [0.05, 0.1) is 11.1 Å². The molecule has 6 heteroatoms. The summed E-state index contributed by atoms with van der Waals surface area (Å²) in [5.74, 6) is 2.89. The molecule has 0 aliphatic heterocycles. The van der Waals surface area contributed by atoms with E-state index in [0.717, 1.165) is 55.6 Å². The zero-order chi connectivity index (χ0) is 48.4. The van der Waals surface area contributed by atoms with Crippen molar-refractivity contribution in [1.82, 2.24) is 0 Å². The van der Waals surface area contributed by atoms with Gasteiger partial charge in [-0.3, -0.25) is 0 Å². The van der Waals surface area contributed by atoms with Gasteiger partial charge in [-0.2, -0.15) is 0 Å². The molecule has 0 saturated heterocycles. The van der Waals surface area contributed by atoms with Gasteiger partial charge in [-0.15, -0.1) is 0 Å². The Morgan fingerprint density at radius 2 is 0.771 bits per heavy atom. The summed E-state index contributed by atoms with van der Waals surface area (Å²) in [5, 5.41) is 8.93. The Kier molecular flexibility index (Phi) is 15.6. The summed E-state index contributed by atoms with van der Waals surface area (Å²) in [4.78, 5) is 28.2. The van der Waals surface area contributed by atoms with Crippen molar-refractivity contribution in [3.8, 4) is 44.9 Å². The summed E-state index contributed by atoms with van der Waals surface area (Å²) in [6.07, 6.45) is 15.7. The third-order valence-electron chi connectivity index (χ3n) is 15.2. The van der Waals surface area contributed by atoms with Crippen LogP contribution in [0.5, 0.6) is 11.5 Å². The first kappa shape index (κ1) is 48.1. The number of ether oxygens (including phenoxy) is 2. The largest absolute Gasteiger partial charge is 0 e. The molecule has 2 fully saturated rings. The van der Waals surface area contributed by atoms with Crippen LogP contribution in [0.2, 0.25) is 0 Å². The predicted octanol–water partition coefficient (Wildman–Crippen LogP) is 17.7. The second-order valence-electron chi connectivity index (χ2n) is 19.5. The molecule has 0 amide bonds. The van der Waals surface area contributed by atoms with Crippen LogP contribution in [-0.2, 0) is 0 Å². The number of hydrogen-bond donors (Lipinski definition) is 1. The van der Waals surface area contributed by atoms with E-state index in [9.17, 15) is 9.59 Å². The van der Waals surface area contributed by atoms with E-state index >= 15 is 0 Å². The minimum Gasteiger partial charge on any atom is 0 e. The Morgan fingerprint density at radius 3 is 1.11 bits per heavy atom. The SMILES string of the molecule is CCCC1CCC(c2ccc(-c3ccc(C(=O)Oc4ccc5ccccc5c4-c4c(OC(=O)c5ccc(-c6ccc(C7CCC(CCC)CC7)cc6)cc5)ccc5ccccc45)cc3)cc2)CC1.[B]=N.[HH]. The third kappa shape index (κ3) is 10.8. The van der Waals surface area contributed by atoms with Crippen molar-refractivity contribution in [2.45, 2.75) is 103 Å². The number of nitrogens with one attached hydrogen (secondary N) is 1. The van der Waals surface area contributed by atoms with Gasteiger partial charge >= 0.3 is 24.9 Å². The molecule has 353 valence electrons. The molecular formula is C64H65BNO4. The van der Waals surface area contributed by atoms with E-state index < -0.39 is 11.9 Å². The van der Waals surface area contributed by atoms with Crippen LogP contribution in [0.3, 0.4) is 0 Å². The monoisotopic (exact) mass is 923 g/mol. The molecule has 2 saturated carbocycles. The first-order valence-corrected chi connectivity index (χ1v) is 25.6. The van der Waals surface area contributed by atoms with E-state index in [-0.39, 0.29) is 1.43 Å². The van der Waals surface area contributed by atoms with Crippen molar-refractivity contribution in [2.75, 3.05) is 0 Å². The molecule has 1 N–H and O–H groups in total. The topological polar surface area (TPSA) is 76.5 Å². The number of esters is 2. The van der Waals surface area contributed by atoms with Gasteiger partial charge < -0.3 is 9.47 Å². The number of carbonyl (C=O) groups is 2. The van der Waals surface area contributed by atoms with Gasteiger partial charge in [0.15, 0.2) is 0 Å². The van der Waals surface area contributed by atoms with Crippen LogP contribution in [0.4, 0.5) is 0 Å².